The van der Waals surface area contributed by atoms with Crippen LogP contribution in [-0.2, 0) is 22.3 Å². The second-order valence-corrected chi connectivity index (χ2v) is 7.62. The van der Waals surface area contributed by atoms with Crippen molar-refractivity contribution in [3.05, 3.63) is 71.3 Å². The smallest absolute Gasteiger partial charge is 0.416 e. The summed E-state index contributed by atoms with van der Waals surface area (Å²) >= 11 is 0. The van der Waals surface area contributed by atoms with E-state index in [1.54, 1.807) is 30.3 Å². The van der Waals surface area contributed by atoms with E-state index in [4.69, 9.17) is 4.74 Å². The maximum absolute atomic E-state index is 14.2. The summed E-state index contributed by atoms with van der Waals surface area (Å²) in [5.74, 6) is -4.68. The molecule has 11 heteroatoms. The molecule has 0 aromatic heterocycles. The number of carbonyl (C=O) groups is 2. The molecule has 1 aliphatic heterocycles. The molecule has 3 rings (SSSR count). The Morgan fingerprint density at radius 3 is 2.12 bits per heavy atom. The number of nitrogens with zero attached hydrogens (tertiary/aromatic N) is 1. The van der Waals surface area contributed by atoms with Crippen LogP contribution in [0.3, 0.4) is 0 Å². The lowest BCUT2D eigenvalue weighted by Gasteiger charge is -2.41. The van der Waals surface area contributed by atoms with Gasteiger partial charge in [-0.15, -0.1) is 0 Å². The molecule has 1 amide bonds. The molecule has 0 saturated carbocycles. The molecule has 2 atom stereocenters. The Morgan fingerprint density at radius 1 is 1.00 bits per heavy atom. The fourth-order valence-electron chi connectivity index (χ4n) is 4.14. The van der Waals surface area contributed by atoms with Gasteiger partial charge in [-0.2, -0.15) is 26.3 Å². The summed E-state index contributed by atoms with van der Waals surface area (Å²) in [4.78, 5) is 25.5. The molecule has 1 heterocycles. The number of hydrogen-bond acceptors (Lipinski definition) is 3. The Kier molecular flexibility index (Phi) is 6.62. The van der Waals surface area contributed by atoms with Gasteiger partial charge in [-0.05, 0) is 36.1 Å². The van der Waals surface area contributed by atoms with Gasteiger partial charge in [0.2, 0.25) is 0 Å². The second kappa shape index (κ2) is 8.95. The predicted octanol–water partition coefficient (Wildman–Crippen LogP) is 5.61. The summed E-state index contributed by atoms with van der Waals surface area (Å²) in [6.45, 7) is -0.601. The van der Waals surface area contributed by atoms with Crippen molar-refractivity contribution in [3.8, 4) is 0 Å². The van der Waals surface area contributed by atoms with Gasteiger partial charge in [-0.3, -0.25) is 4.90 Å². The number of halogens is 6. The second-order valence-electron chi connectivity index (χ2n) is 7.62. The molecule has 0 radical (unpaired) electrons. The van der Waals surface area contributed by atoms with E-state index in [0.29, 0.717) is 34.7 Å². The quantitative estimate of drug-likeness (QED) is 0.572. The monoisotopic (exact) mass is 475 g/mol. The van der Waals surface area contributed by atoms with Crippen molar-refractivity contribution >= 4 is 12.1 Å². The third kappa shape index (κ3) is 4.91. The Labute approximate surface area is 184 Å². The molecule has 33 heavy (non-hydrogen) atoms. The van der Waals surface area contributed by atoms with Crippen LogP contribution >= 0.6 is 0 Å². The number of alkyl halides is 6. The Bertz CT molecular complexity index is 991. The van der Waals surface area contributed by atoms with E-state index in [1.165, 1.54) is 0 Å². The van der Waals surface area contributed by atoms with Crippen LogP contribution in [0.4, 0.5) is 31.1 Å². The highest BCUT2D eigenvalue weighted by Crippen LogP contribution is 2.50. The number of benzene rings is 2. The predicted molar refractivity (Wildman–Crippen MR) is 103 cm³/mol. The molecule has 2 aromatic rings. The molecule has 1 aliphatic rings. The molecule has 0 bridgehead atoms. The fourth-order valence-corrected chi connectivity index (χ4v) is 4.14. The van der Waals surface area contributed by atoms with Crippen molar-refractivity contribution in [2.75, 3.05) is 6.54 Å². The largest absolute Gasteiger partial charge is 0.479 e. The Hall–Kier alpha value is -3.24. The zero-order chi connectivity index (χ0) is 24.4. The van der Waals surface area contributed by atoms with Gasteiger partial charge in [0, 0.05) is 6.54 Å². The van der Waals surface area contributed by atoms with E-state index in [9.17, 15) is 41.0 Å². The molecule has 1 N–H and O–H groups in total. The van der Waals surface area contributed by atoms with Gasteiger partial charge in [-0.1, -0.05) is 42.5 Å². The van der Waals surface area contributed by atoms with E-state index >= 15 is 0 Å². The van der Waals surface area contributed by atoms with E-state index in [1.807, 2.05) is 0 Å². The lowest BCUT2D eigenvalue weighted by Crippen LogP contribution is -2.60. The number of carbonyl (C=O) groups excluding carboxylic acids is 1. The van der Waals surface area contributed by atoms with E-state index in [-0.39, 0.29) is 19.6 Å². The highest BCUT2D eigenvalue weighted by molar-refractivity contribution is 5.87. The first kappa shape index (κ1) is 24.4. The molecule has 1 unspecified atom stereocenters. The summed E-state index contributed by atoms with van der Waals surface area (Å²) in [5.41, 5.74) is -4.10. The molecular weight excluding hydrogens is 456 g/mol. The first-order valence-corrected chi connectivity index (χ1v) is 9.83. The Balaban J connectivity index is 1.99. The number of aliphatic carboxylic acids is 1. The number of hydrogen-bond donors (Lipinski definition) is 1. The summed E-state index contributed by atoms with van der Waals surface area (Å²) in [6, 6.07) is 10.3. The lowest BCUT2D eigenvalue weighted by molar-refractivity contribution is -0.191. The topological polar surface area (TPSA) is 66.8 Å². The zero-order valence-corrected chi connectivity index (χ0v) is 17.0. The first-order valence-electron chi connectivity index (χ1n) is 9.83. The van der Waals surface area contributed by atoms with Crippen molar-refractivity contribution in [1.29, 1.82) is 0 Å². The van der Waals surface area contributed by atoms with Crippen LogP contribution in [-0.4, -0.2) is 40.3 Å². The normalized spacial score (nSPS) is 19.9. The maximum Gasteiger partial charge on any atom is 0.416 e. The maximum atomic E-state index is 14.2. The van der Waals surface area contributed by atoms with Gasteiger partial charge in [0.05, 0.1) is 5.56 Å². The molecule has 0 aliphatic carbocycles. The van der Waals surface area contributed by atoms with Gasteiger partial charge in [0.25, 0.3) is 0 Å². The van der Waals surface area contributed by atoms with Crippen LogP contribution in [0.2, 0.25) is 0 Å². The van der Waals surface area contributed by atoms with E-state index in [0.717, 1.165) is 0 Å². The van der Waals surface area contributed by atoms with Gasteiger partial charge in [0.1, 0.15) is 12.5 Å². The van der Waals surface area contributed by atoms with Crippen molar-refractivity contribution < 1.29 is 45.8 Å². The minimum absolute atomic E-state index is 0.0556. The van der Waals surface area contributed by atoms with Gasteiger partial charge < -0.3 is 9.84 Å². The van der Waals surface area contributed by atoms with Gasteiger partial charge in [-0.25, -0.2) is 9.59 Å². The number of ether oxygens (including phenoxy) is 1. The van der Waals surface area contributed by atoms with Gasteiger partial charge in [0.15, 0.2) is 5.54 Å². The van der Waals surface area contributed by atoms with Crippen LogP contribution in [0, 0.1) is 0 Å². The molecule has 5 nitrogen and oxygen atoms in total. The average Bonchev–Trinajstić information content (AvgIpc) is 3.17. The molecular formula is C22H19F6NO4. The van der Waals surface area contributed by atoms with Crippen LogP contribution in [0.1, 0.15) is 35.4 Å². The molecule has 1 fully saturated rings. The SMILES string of the molecule is O=C(OCc1ccccc1)N1CCC[C@@]1(C(=O)O)C(c1ccc(C(F)(F)F)cc1)C(F)(F)F. The minimum Gasteiger partial charge on any atom is -0.479 e. The van der Waals surface area contributed by atoms with Crippen LogP contribution in [0.25, 0.3) is 0 Å². The van der Waals surface area contributed by atoms with Crippen molar-refractivity contribution in [1.82, 2.24) is 4.90 Å². The summed E-state index contributed by atoms with van der Waals surface area (Å²) in [7, 11) is 0. The minimum atomic E-state index is -5.18. The van der Waals surface area contributed by atoms with Crippen molar-refractivity contribution in [2.24, 2.45) is 0 Å². The van der Waals surface area contributed by atoms with Crippen LogP contribution in [0.5, 0.6) is 0 Å². The van der Waals surface area contributed by atoms with Crippen molar-refractivity contribution in [3.63, 3.8) is 0 Å². The molecule has 0 spiro atoms. The highest BCUT2D eigenvalue weighted by atomic mass is 19.4. The van der Waals surface area contributed by atoms with E-state index < -0.39 is 53.4 Å². The number of carboxylic acid groups (broad SMARTS) is 1. The fraction of sp³-hybridized carbons (Fsp3) is 0.364. The molecule has 2 aromatic carbocycles. The standard InChI is InChI=1S/C22H19F6NO4/c23-21(24,25)16-9-7-15(8-10-16)17(22(26,27)28)20(18(30)31)11-4-12-29(20)19(32)33-13-14-5-2-1-3-6-14/h1-3,5-10,17H,4,11-13H2,(H,30,31)/t17?,20-/m0/s1. The lowest BCUT2D eigenvalue weighted by atomic mass is 9.76. The number of carboxylic acids is 1. The number of likely N-dealkylation sites (tertiary alicyclic amines) is 1. The summed E-state index contributed by atoms with van der Waals surface area (Å²) in [5, 5.41) is 9.92. The first-order chi connectivity index (χ1) is 15.4. The third-order valence-corrected chi connectivity index (χ3v) is 5.59. The van der Waals surface area contributed by atoms with Crippen LogP contribution < -0.4 is 0 Å². The number of rotatable bonds is 5. The Morgan fingerprint density at radius 2 is 1.61 bits per heavy atom. The summed E-state index contributed by atoms with van der Waals surface area (Å²) < 4.78 is 86.3. The average molecular weight is 475 g/mol. The van der Waals surface area contributed by atoms with Gasteiger partial charge >= 0.3 is 24.4 Å². The highest BCUT2D eigenvalue weighted by Gasteiger charge is 2.64. The summed E-state index contributed by atoms with van der Waals surface area (Å²) in [6.07, 6.45) is -11.8. The third-order valence-electron chi connectivity index (χ3n) is 5.59. The van der Waals surface area contributed by atoms with Crippen molar-refractivity contribution in [2.45, 2.75) is 43.3 Å². The molecule has 1 saturated heterocycles. The number of amides is 1. The van der Waals surface area contributed by atoms with E-state index in [2.05, 4.69) is 0 Å². The molecule has 178 valence electrons. The van der Waals surface area contributed by atoms with Crippen LogP contribution in [0.15, 0.2) is 54.6 Å². The zero-order valence-electron chi connectivity index (χ0n) is 17.0.